The first kappa shape index (κ1) is 72.7. The molecular formula is C67H110O12. The number of unbranched alkanes of at least 4 members (excludes halogenated alkanes) is 22. The number of carbonyl (C=O) groups is 4. The van der Waals surface area contributed by atoms with Gasteiger partial charge in [0.25, 0.3) is 0 Å². The average molecular weight is 1110 g/mol. The summed E-state index contributed by atoms with van der Waals surface area (Å²) in [6, 6.07) is 0. The number of rotatable bonds is 52. The van der Waals surface area contributed by atoms with Crippen LogP contribution < -0.4 is 0 Å². The summed E-state index contributed by atoms with van der Waals surface area (Å²) in [6.45, 7) is 5.73. The third-order valence-electron chi connectivity index (χ3n) is 13.6. The average Bonchev–Trinajstić information content (AvgIpc) is 3.46. The van der Waals surface area contributed by atoms with Gasteiger partial charge in [0.05, 0.1) is 6.61 Å². The van der Waals surface area contributed by atoms with Gasteiger partial charge in [-0.25, -0.2) is 4.79 Å². The Labute approximate surface area is 479 Å². The highest BCUT2D eigenvalue weighted by atomic mass is 16.7. The summed E-state index contributed by atoms with van der Waals surface area (Å²) < 4.78 is 28.4. The van der Waals surface area contributed by atoms with Crippen molar-refractivity contribution in [3.05, 3.63) is 97.2 Å². The van der Waals surface area contributed by atoms with Crippen LogP contribution in [0.2, 0.25) is 0 Å². The Balaban J connectivity index is 2.70. The zero-order chi connectivity index (χ0) is 57.5. The molecule has 0 aromatic heterocycles. The molecule has 0 saturated carbocycles. The van der Waals surface area contributed by atoms with Gasteiger partial charge >= 0.3 is 23.9 Å². The summed E-state index contributed by atoms with van der Waals surface area (Å²) in [5.74, 6) is -3.20. The van der Waals surface area contributed by atoms with E-state index < -0.39 is 67.3 Å². The van der Waals surface area contributed by atoms with Crippen molar-refractivity contribution in [1.29, 1.82) is 0 Å². The van der Waals surface area contributed by atoms with Crippen molar-refractivity contribution >= 4 is 23.9 Å². The minimum Gasteiger partial charge on any atom is -0.479 e. The zero-order valence-corrected chi connectivity index (χ0v) is 49.6. The molecule has 0 aromatic rings. The molecule has 450 valence electrons. The predicted octanol–water partition coefficient (Wildman–Crippen LogP) is 16.5. The zero-order valence-electron chi connectivity index (χ0n) is 49.6. The lowest BCUT2D eigenvalue weighted by Crippen LogP contribution is -2.61. The summed E-state index contributed by atoms with van der Waals surface area (Å²) in [4.78, 5) is 51.2. The number of aliphatic hydroxyl groups is 2. The van der Waals surface area contributed by atoms with Crippen molar-refractivity contribution in [1.82, 2.24) is 0 Å². The third-order valence-corrected chi connectivity index (χ3v) is 13.6. The number of allylic oxidation sites excluding steroid dienone is 16. The van der Waals surface area contributed by atoms with Gasteiger partial charge in [-0.05, 0) is 116 Å². The molecule has 1 saturated heterocycles. The first-order valence-corrected chi connectivity index (χ1v) is 31.2. The fraction of sp³-hybridized carbons (Fsp3) is 0.701. The summed E-state index contributed by atoms with van der Waals surface area (Å²) >= 11 is 0. The van der Waals surface area contributed by atoms with Crippen LogP contribution >= 0.6 is 0 Å². The van der Waals surface area contributed by atoms with E-state index in [1.807, 2.05) is 0 Å². The number of hydrogen-bond donors (Lipinski definition) is 3. The molecule has 3 N–H and O–H groups in total. The number of esters is 3. The molecule has 0 spiro atoms. The summed E-state index contributed by atoms with van der Waals surface area (Å²) in [5.41, 5.74) is 0. The number of ether oxygens (including phenoxy) is 5. The Morgan fingerprint density at radius 2 is 0.797 bits per heavy atom. The Kier molecular flexibility index (Phi) is 49.9. The Bertz CT molecular complexity index is 1740. The van der Waals surface area contributed by atoms with Gasteiger partial charge in [0.15, 0.2) is 24.6 Å². The van der Waals surface area contributed by atoms with Crippen LogP contribution in [0.1, 0.15) is 252 Å². The lowest BCUT2D eigenvalue weighted by atomic mass is 9.98. The van der Waals surface area contributed by atoms with Crippen LogP contribution in [0.25, 0.3) is 0 Å². The van der Waals surface area contributed by atoms with E-state index >= 15 is 0 Å². The van der Waals surface area contributed by atoms with Crippen molar-refractivity contribution in [3.63, 3.8) is 0 Å². The minimum absolute atomic E-state index is 0.0399. The molecule has 1 aliphatic rings. The molecule has 0 aromatic carbocycles. The van der Waals surface area contributed by atoms with Crippen LogP contribution in [0.5, 0.6) is 0 Å². The van der Waals surface area contributed by atoms with Crippen LogP contribution in [-0.4, -0.2) is 89.2 Å². The van der Waals surface area contributed by atoms with E-state index in [1.165, 1.54) is 57.8 Å². The lowest BCUT2D eigenvalue weighted by molar-refractivity contribution is -0.301. The van der Waals surface area contributed by atoms with Gasteiger partial charge in [-0.2, -0.15) is 0 Å². The van der Waals surface area contributed by atoms with Gasteiger partial charge in [-0.3, -0.25) is 14.4 Å². The number of aliphatic carboxylic acids is 1. The molecule has 0 aliphatic carbocycles. The Morgan fingerprint density at radius 1 is 0.430 bits per heavy atom. The van der Waals surface area contributed by atoms with E-state index in [-0.39, 0.29) is 25.9 Å². The van der Waals surface area contributed by atoms with Crippen LogP contribution in [-0.2, 0) is 42.9 Å². The highest BCUT2D eigenvalue weighted by Crippen LogP contribution is 2.26. The molecular weight excluding hydrogens is 997 g/mol. The maximum atomic E-state index is 13.2. The van der Waals surface area contributed by atoms with E-state index in [1.54, 1.807) is 0 Å². The van der Waals surface area contributed by atoms with Crippen LogP contribution in [0.15, 0.2) is 97.2 Å². The van der Waals surface area contributed by atoms with Gasteiger partial charge in [0.1, 0.15) is 18.8 Å². The maximum Gasteiger partial charge on any atom is 0.335 e. The smallest absolute Gasteiger partial charge is 0.335 e. The highest BCUT2D eigenvalue weighted by Gasteiger charge is 2.50. The number of hydrogen-bond acceptors (Lipinski definition) is 11. The number of aliphatic hydroxyl groups excluding tert-OH is 2. The maximum absolute atomic E-state index is 13.2. The molecule has 0 amide bonds. The third kappa shape index (κ3) is 44.0. The molecule has 6 unspecified atom stereocenters. The van der Waals surface area contributed by atoms with E-state index in [9.17, 15) is 34.5 Å². The number of carboxylic acid groups (broad SMARTS) is 1. The van der Waals surface area contributed by atoms with E-state index in [0.29, 0.717) is 19.3 Å². The molecule has 79 heavy (non-hydrogen) atoms. The van der Waals surface area contributed by atoms with Gasteiger partial charge in [0.2, 0.25) is 0 Å². The summed E-state index contributed by atoms with van der Waals surface area (Å²) in [5, 5.41) is 31.5. The van der Waals surface area contributed by atoms with E-state index in [4.69, 9.17) is 23.7 Å². The Morgan fingerprint density at radius 3 is 1.25 bits per heavy atom. The molecule has 0 radical (unpaired) electrons. The molecule has 12 nitrogen and oxygen atoms in total. The lowest BCUT2D eigenvalue weighted by Gasteiger charge is -2.40. The van der Waals surface area contributed by atoms with Crippen molar-refractivity contribution in [2.24, 2.45) is 0 Å². The second kappa shape index (κ2) is 54.2. The van der Waals surface area contributed by atoms with Crippen LogP contribution in [0.4, 0.5) is 0 Å². The fourth-order valence-electron chi connectivity index (χ4n) is 8.90. The van der Waals surface area contributed by atoms with E-state index in [2.05, 4.69) is 118 Å². The van der Waals surface area contributed by atoms with Crippen molar-refractivity contribution < 1.29 is 58.2 Å². The molecule has 1 aliphatic heterocycles. The van der Waals surface area contributed by atoms with Gasteiger partial charge < -0.3 is 39.0 Å². The standard InChI is InChI=1S/C67H110O12/c1-4-7-10-13-16-19-22-25-28-30-33-35-38-41-44-47-50-53-59(68)75-56-58(77-60(69)54-51-48-45-42-39-36-32-27-24-21-18-15-12-9-6-3)57-76-67-65(63(72)62(71)64(79-67)66(73)74)78-61(70)55-52-49-46-43-40-37-34-31-29-26-23-20-17-14-11-8-5-2/h8-9,11-12,17-18,20-21,25-29,32,39,42,58,62-65,67,71-72H,4-7,10,13-16,19,22-24,30-31,33-38,40-41,43-57H2,1-3H3,(H,73,74)/b11-8-,12-9-,20-17-,21-18-,28-25-,29-26-,32-27-,42-39-. The van der Waals surface area contributed by atoms with Crippen molar-refractivity contribution in [2.75, 3.05) is 13.2 Å². The molecule has 1 rings (SSSR count). The van der Waals surface area contributed by atoms with E-state index in [0.717, 1.165) is 135 Å². The molecule has 12 heteroatoms. The molecule has 6 atom stereocenters. The second-order valence-corrected chi connectivity index (χ2v) is 20.9. The number of carboxylic acids is 1. The SMILES string of the molecule is CC/C=C\C/C=C\C/C=C\C/C=C\CCCCC(=O)OC(COC(=O)CCCCCCCCC/C=C\CCCCCCCC)COC1OC(C(=O)O)C(O)C(O)C1OC(=O)CCCCCCCCC/C=C\C/C=C\C/C=C\CC. The fourth-order valence-corrected chi connectivity index (χ4v) is 8.90. The molecule has 1 heterocycles. The van der Waals surface area contributed by atoms with Crippen LogP contribution in [0.3, 0.4) is 0 Å². The van der Waals surface area contributed by atoms with Crippen molar-refractivity contribution in [2.45, 2.75) is 289 Å². The molecule has 1 fully saturated rings. The van der Waals surface area contributed by atoms with Crippen LogP contribution in [0, 0.1) is 0 Å². The topological polar surface area (TPSA) is 175 Å². The largest absolute Gasteiger partial charge is 0.479 e. The van der Waals surface area contributed by atoms with Gasteiger partial charge in [-0.1, -0.05) is 214 Å². The monoisotopic (exact) mass is 1110 g/mol. The first-order valence-electron chi connectivity index (χ1n) is 31.2. The number of carbonyl (C=O) groups excluding carboxylic acids is 3. The minimum atomic E-state index is -1.92. The Hall–Kier alpha value is -4.36. The summed E-state index contributed by atoms with van der Waals surface area (Å²) in [7, 11) is 0. The second-order valence-electron chi connectivity index (χ2n) is 20.9. The molecule has 0 bridgehead atoms. The van der Waals surface area contributed by atoms with Gasteiger partial charge in [0, 0.05) is 19.3 Å². The quantitative estimate of drug-likeness (QED) is 0.0228. The summed E-state index contributed by atoms with van der Waals surface area (Å²) in [6.07, 6.45) is 59.4. The first-order chi connectivity index (χ1) is 38.6. The predicted molar refractivity (Wildman–Crippen MR) is 321 cm³/mol. The highest BCUT2D eigenvalue weighted by molar-refractivity contribution is 5.74. The normalized spacial score (nSPS) is 18.5. The van der Waals surface area contributed by atoms with Crippen molar-refractivity contribution in [3.8, 4) is 0 Å². The van der Waals surface area contributed by atoms with Gasteiger partial charge in [-0.15, -0.1) is 0 Å².